The molecule has 0 saturated carbocycles. The van der Waals surface area contributed by atoms with Crippen LogP contribution in [0.2, 0.25) is 10.0 Å². The lowest BCUT2D eigenvalue weighted by molar-refractivity contribution is -0.791. The number of amides is 2. The van der Waals surface area contributed by atoms with Gasteiger partial charge in [0.1, 0.15) is 22.1 Å². The number of ether oxygens (including phenoxy) is 1. The summed E-state index contributed by atoms with van der Waals surface area (Å²) in [4.78, 5) is 36.6. The number of rotatable bonds is 4. The van der Waals surface area contributed by atoms with Gasteiger partial charge in [0.15, 0.2) is 5.17 Å². The molecule has 1 saturated heterocycles. The van der Waals surface area contributed by atoms with Crippen molar-refractivity contribution in [2.24, 2.45) is 10.9 Å². The van der Waals surface area contributed by atoms with Gasteiger partial charge in [-0.25, -0.2) is 9.79 Å². The summed E-state index contributed by atoms with van der Waals surface area (Å²) in [6.45, 7) is 14.2. The Kier molecular flexibility index (Phi) is 7.90. The fraction of sp³-hybridized carbons (Fsp3) is 0.469. The van der Waals surface area contributed by atoms with Crippen molar-refractivity contribution in [3.05, 3.63) is 80.3 Å². The monoisotopic (exact) mass is 614 g/mol. The van der Waals surface area contributed by atoms with Crippen LogP contribution in [0.5, 0.6) is 0 Å². The van der Waals surface area contributed by atoms with Crippen LogP contribution in [0.1, 0.15) is 78.5 Å². The van der Waals surface area contributed by atoms with Crippen LogP contribution >= 0.6 is 35.0 Å². The molecule has 0 aromatic heterocycles. The van der Waals surface area contributed by atoms with Gasteiger partial charge in [-0.1, -0.05) is 61.3 Å². The number of fused-ring (bicyclic) bond motifs is 1. The van der Waals surface area contributed by atoms with E-state index in [1.54, 1.807) is 0 Å². The second-order valence-corrected chi connectivity index (χ2v) is 14.6. The van der Waals surface area contributed by atoms with Crippen molar-refractivity contribution in [1.82, 2.24) is 4.90 Å². The van der Waals surface area contributed by atoms with E-state index >= 15 is 0 Å². The lowest BCUT2D eigenvalue weighted by atomic mass is 9.81. The molecule has 9 heteroatoms. The van der Waals surface area contributed by atoms with Crippen LogP contribution in [0.4, 0.5) is 4.79 Å². The largest absolute Gasteiger partial charge is 0.524 e. The lowest BCUT2D eigenvalue weighted by Crippen LogP contribution is -2.60. The number of likely N-dealkylation sites (tertiary alicyclic amines) is 1. The van der Waals surface area contributed by atoms with E-state index in [0.717, 1.165) is 34.8 Å². The van der Waals surface area contributed by atoms with Gasteiger partial charge in [-0.05, 0) is 87.7 Å². The number of benzene rings is 2. The van der Waals surface area contributed by atoms with E-state index < -0.39 is 17.2 Å². The lowest BCUT2D eigenvalue weighted by Gasteiger charge is -2.37. The minimum absolute atomic E-state index is 0.00638. The number of hydrogen-bond donors (Lipinski definition) is 0. The Morgan fingerprint density at radius 3 is 2.17 bits per heavy atom. The highest BCUT2D eigenvalue weighted by Gasteiger charge is 2.60. The number of aliphatic imine (C=N–C) groups is 1. The maximum atomic E-state index is 14.7. The van der Waals surface area contributed by atoms with E-state index in [0.29, 0.717) is 21.5 Å². The van der Waals surface area contributed by atoms with Crippen LogP contribution in [-0.2, 0) is 15.1 Å². The van der Waals surface area contributed by atoms with Gasteiger partial charge >= 0.3 is 12.0 Å². The number of nitrogens with zero attached hydrogens (tertiary/aromatic N) is 3. The molecule has 5 rings (SSSR count). The van der Waals surface area contributed by atoms with Crippen molar-refractivity contribution in [2.45, 2.75) is 84.5 Å². The summed E-state index contributed by atoms with van der Waals surface area (Å²) in [6, 6.07) is 15.2. The van der Waals surface area contributed by atoms with E-state index in [2.05, 4.69) is 25.7 Å². The van der Waals surface area contributed by atoms with E-state index in [1.165, 1.54) is 11.8 Å². The Morgan fingerprint density at radius 2 is 1.66 bits per heavy atom. The molecule has 3 aliphatic heterocycles. The molecule has 41 heavy (non-hydrogen) atoms. The Bertz CT molecular complexity index is 1430. The molecule has 3 aliphatic rings. The molecule has 4 atom stereocenters. The van der Waals surface area contributed by atoms with E-state index in [4.69, 9.17) is 32.9 Å². The van der Waals surface area contributed by atoms with Gasteiger partial charge in [0, 0.05) is 28.6 Å². The maximum Gasteiger partial charge on any atom is 0.524 e. The summed E-state index contributed by atoms with van der Waals surface area (Å²) in [7, 11) is 0. The minimum atomic E-state index is -0.701. The predicted octanol–water partition coefficient (Wildman–Crippen LogP) is 8.70. The van der Waals surface area contributed by atoms with Gasteiger partial charge in [-0.15, -0.1) is 0 Å². The number of carbonyl (C=O) groups is 2. The fourth-order valence-corrected chi connectivity index (χ4v) is 7.98. The number of amidine groups is 1. The quantitative estimate of drug-likeness (QED) is 0.322. The molecule has 2 aromatic rings. The van der Waals surface area contributed by atoms with Gasteiger partial charge in [-0.2, -0.15) is 9.28 Å². The van der Waals surface area contributed by atoms with Crippen molar-refractivity contribution in [2.75, 3.05) is 6.54 Å². The number of imide groups is 1. The third-order valence-electron chi connectivity index (χ3n) is 8.33. The van der Waals surface area contributed by atoms with E-state index in [-0.39, 0.29) is 28.4 Å². The molecule has 218 valence electrons. The number of halogens is 2. The van der Waals surface area contributed by atoms with Crippen LogP contribution in [-0.4, -0.2) is 44.7 Å². The van der Waals surface area contributed by atoms with Crippen molar-refractivity contribution < 1.29 is 18.8 Å². The first kappa shape index (κ1) is 30.1. The summed E-state index contributed by atoms with van der Waals surface area (Å²) in [6.07, 6.45) is 1.10. The first-order valence-corrected chi connectivity index (χ1v) is 15.7. The number of hydrogen-bond acceptors (Lipinski definition) is 6. The average molecular weight is 616 g/mol. The van der Waals surface area contributed by atoms with Crippen molar-refractivity contribution in [3.8, 4) is 0 Å². The third kappa shape index (κ3) is 5.13. The molecule has 2 aromatic carbocycles. The SMILES string of the molecule is CC(C)C1=C(C(=O)[N+]2(C(=O)OC(C)(C)C)CCC[C@H]2C)SC2=N[C@@](C)(c3ccc(Cl)cc3)[C@@H](c3ccc(Cl)cc3)N21. The molecule has 6 nitrogen and oxygen atoms in total. The number of allylic oxidation sites excluding steroid dienone is 1. The van der Waals surface area contributed by atoms with E-state index in [1.807, 2.05) is 76.2 Å². The second-order valence-electron chi connectivity index (χ2n) is 12.7. The molecule has 1 unspecified atom stereocenters. The molecular formula is C32H38Cl2N3O3S+. The maximum absolute atomic E-state index is 14.7. The standard InChI is InChI=1S/C32H38Cl2N3O3S/c1-19(2)25-26(28(38)37(18-8-9-20(37)3)30(39)40-31(4,5)6)41-29-35-32(7,22-12-16-24(34)17-13-22)27(36(25)29)21-10-14-23(33)15-11-21/h10-17,19-20,27H,8-9,18H2,1-7H3/q+1/t20-,27-,32+,37?/m1/s1. The zero-order valence-corrected chi connectivity index (χ0v) is 27.0. The molecule has 2 amide bonds. The van der Waals surface area contributed by atoms with Crippen LogP contribution < -0.4 is 0 Å². The Hall–Kier alpha value is -2.32. The predicted molar refractivity (Wildman–Crippen MR) is 167 cm³/mol. The molecule has 0 bridgehead atoms. The van der Waals surface area contributed by atoms with Gasteiger partial charge in [-0.3, -0.25) is 0 Å². The molecule has 0 radical (unpaired) electrons. The smallest absolute Gasteiger partial charge is 0.414 e. The number of quaternary nitrogens is 1. The Balaban J connectivity index is 1.66. The second kappa shape index (κ2) is 10.7. The summed E-state index contributed by atoms with van der Waals surface area (Å²) in [5.74, 6) is -0.203. The fourth-order valence-electron chi connectivity index (χ4n) is 6.32. The molecule has 3 heterocycles. The minimum Gasteiger partial charge on any atom is -0.414 e. The van der Waals surface area contributed by atoms with Crippen LogP contribution in [0, 0.1) is 5.92 Å². The molecule has 0 aliphatic carbocycles. The Morgan fingerprint density at radius 1 is 1.07 bits per heavy atom. The van der Waals surface area contributed by atoms with Crippen LogP contribution in [0.15, 0.2) is 64.1 Å². The molecule has 0 N–H and O–H groups in total. The van der Waals surface area contributed by atoms with Gasteiger partial charge < -0.3 is 9.64 Å². The highest BCUT2D eigenvalue weighted by molar-refractivity contribution is 8.18. The number of thioether (sulfide) groups is 1. The average Bonchev–Trinajstić information content (AvgIpc) is 3.53. The van der Waals surface area contributed by atoms with E-state index in [9.17, 15) is 9.59 Å². The molecular weight excluding hydrogens is 577 g/mol. The number of carbonyl (C=O) groups excluding carboxylic acids is 2. The first-order chi connectivity index (χ1) is 19.2. The third-order valence-corrected chi connectivity index (χ3v) is 9.89. The van der Waals surface area contributed by atoms with Crippen molar-refractivity contribution in [3.63, 3.8) is 0 Å². The van der Waals surface area contributed by atoms with Crippen LogP contribution in [0.3, 0.4) is 0 Å². The highest BCUT2D eigenvalue weighted by atomic mass is 35.5. The summed E-state index contributed by atoms with van der Waals surface area (Å²) in [5.41, 5.74) is 1.58. The van der Waals surface area contributed by atoms with Crippen molar-refractivity contribution >= 4 is 52.1 Å². The highest BCUT2D eigenvalue weighted by Crippen LogP contribution is 2.57. The normalized spacial score (nSPS) is 27.9. The zero-order valence-electron chi connectivity index (χ0n) is 24.7. The van der Waals surface area contributed by atoms with Gasteiger partial charge in [0.05, 0.1) is 12.6 Å². The first-order valence-electron chi connectivity index (χ1n) is 14.2. The molecule has 0 spiro atoms. The van der Waals surface area contributed by atoms with Gasteiger partial charge in [0.2, 0.25) is 0 Å². The summed E-state index contributed by atoms with van der Waals surface area (Å²) in [5, 5.41) is 2.07. The molecule has 1 fully saturated rings. The zero-order chi connectivity index (χ0) is 29.9. The van der Waals surface area contributed by atoms with Crippen LogP contribution in [0.25, 0.3) is 0 Å². The summed E-state index contributed by atoms with van der Waals surface area (Å²) >= 11 is 13.9. The van der Waals surface area contributed by atoms with Crippen molar-refractivity contribution in [1.29, 1.82) is 0 Å². The Labute approximate surface area is 257 Å². The topological polar surface area (TPSA) is 59.0 Å². The van der Waals surface area contributed by atoms with Gasteiger partial charge in [0.25, 0.3) is 0 Å². The summed E-state index contributed by atoms with van der Waals surface area (Å²) < 4.78 is 5.56.